The lowest BCUT2D eigenvalue weighted by Crippen LogP contribution is -2.23. The molecular formula is C19H23N5O5S. The highest BCUT2D eigenvalue weighted by Gasteiger charge is 2.25. The van der Waals surface area contributed by atoms with Gasteiger partial charge < -0.3 is 14.1 Å². The zero-order valence-corrected chi connectivity index (χ0v) is 18.3. The molecule has 160 valence electrons. The molecule has 0 radical (unpaired) electrons. The number of carbonyl (C=O) groups excluding carboxylic acids is 2. The van der Waals surface area contributed by atoms with Crippen LogP contribution in [-0.2, 0) is 11.3 Å². The number of nitrogens with zero attached hydrogens (tertiary/aromatic N) is 4. The van der Waals surface area contributed by atoms with E-state index in [2.05, 4.69) is 15.3 Å². The third-order valence-electron chi connectivity index (χ3n) is 4.45. The molecule has 1 N–H and O–H groups in total. The number of thiazole rings is 1. The molecule has 3 aromatic rings. The van der Waals surface area contributed by atoms with Gasteiger partial charge in [0.05, 0.1) is 11.3 Å². The second-order valence-corrected chi connectivity index (χ2v) is 7.89. The van der Waals surface area contributed by atoms with Gasteiger partial charge in [-0.1, -0.05) is 11.3 Å². The average molecular weight is 433 g/mol. The molecule has 2 amide bonds. The fraction of sp³-hybridized carbons (Fsp3) is 0.421. The van der Waals surface area contributed by atoms with E-state index in [1.165, 1.54) is 15.8 Å². The van der Waals surface area contributed by atoms with Crippen LogP contribution in [0.3, 0.4) is 0 Å². The van der Waals surface area contributed by atoms with Crippen molar-refractivity contribution >= 4 is 39.4 Å². The van der Waals surface area contributed by atoms with E-state index in [1.54, 1.807) is 35.1 Å². The Bertz CT molecular complexity index is 1160. The van der Waals surface area contributed by atoms with E-state index in [1.807, 2.05) is 0 Å². The number of aromatic nitrogens is 3. The summed E-state index contributed by atoms with van der Waals surface area (Å²) in [7, 11) is 4.88. The Balaban J connectivity index is 1.94. The number of hydrogen-bond donors (Lipinski definition) is 1. The Morgan fingerprint density at radius 3 is 2.73 bits per heavy atom. The van der Waals surface area contributed by atoms with Crippen LogP contribution >= 0.6 is 11.3 Å². The number of hydrogen-bond acceptors (Lipinski definition) is 8. The van der Waals surface area contributed by atoms with Crippen molar-refractivity contribution in [3.63, 3.8) is 0 Å². The highest BCUT2D eigenvalue weighted by molar-refractivity contribution is 7.17. The molecular weight excluding hydrogens is 410 g/mol. The number of methoxy groups -OCH3 is 1. The van der Waals surface area contributed by atoms with Crippen molar-refractivity contribution < 1.29 is 18.7 Å². The van der Waals surface area contributed by atoms with Crippen LogP contribution in [0, 0.1) is 13.8 Å². The third kappa shape index (κ3) is 4.12. The van der Waals surface area contributed by atoms with Crippen LogP contribution in [0.15, 0.2) is 15.5 Å². The van der Waals surface area contributed by atoms with Gasteiger partial charge in [-0.3, -0.25) is 24.3 Å². The minimum Gasteiger partial charge on any atom is -0.442 e. The topological polar surface area (TPSA) is 120 Å². The van der Waals surface area contributed by atoms with Crippen molar-refractivity contribution in [2.45, 2.75) is 26.8 Å². The second-order valence-electron chi connectivity index (χ2n) is 6.89. The fourth-order valence-electron chi connectivity index (χ4n) is 2.96. The fourth-order valence-corrected chi connectivity index (χ4v) is 3.94. The number of anilines is 1. The molecule has 3 aromatic heterocycles. The predicted molar refractivity (Wildman–Crippen MR) is 112 cm³/mol. The lowest BCUT2D eigenvalue weighted by atomic mass is 10.2. The first-order valence-corrected chi connectivity index (χ1v) is 10.0. The van der Waals surface area contributed by atoms with Crippen molar-refractivity contribution in [2.24, 2.45) is 0 Å². The molecule has 0 aliphatic rings. The first kappa shape index (κ1) is 21.7. The molecule has 10 nitrogen and oxygen atoms in total. The molecule has 0 unspecified atom stereocenters. The second kappa shape index (κ2) is 8.76. The Morgan fingerprint density at radius 2 is 2.07 bits per heavy atom. The summed E-state index contributed by atoms with van der Waals surface area (Å²) < 4.78 is 12.0. The SMILES string of the molecule is COCCCn1cnc2oc(C)c(C(=O)Nc3nc(C)c(C(=O)N(C)C)s3)c2c1=O. The highest BCUT2D eigenvalue weighted by atomic mass is 32.1. The largest absolute Gasteiger partial charge is 0.442 e. The molecule has 0 fully saturated rings. The van der Waals surface area contributed by atoms with Gasteiger partial charge in [0.2, 0.25) is 5.71 Å². The zero-order chi connectivity index (χ0) is 22.0. The summed E-state index contributed by atoms with van der Waals surface area (Å²) in [5, 5.41) is 3.05. The summed E-state index contributed by atoms with van der Waals surface area (Å²) in [4.78, 5) is 48.4. The number of carbonyl (C=O) groups is 2. The van der Waals surface area contributed by atoms with Gasteiger partial charge in [-0.25, -0.2) is 9.97 Å². The molecule has 0 spiro atoms. The van der Waals surface area contributed by atoms with Crippen LogP contribution in [0.2, 0.25) is 0 Å². The Kier molecular flexibility index (Phi) is 6.32. The van der Waals surface area contributed by atoms with Crippen molar-refractivity contribution in [3.8, 4) is 0 Å². The van der Waals surface area contributed by atoms with Crippen LogP contribution in [0.1, 0.15) is 37.9 Å². The number of rotatable bonds is 7. The summed E-state index contributed by atoms with van der Waals surface area (Å²) in [6.07, 6.45) is 2.03. The maximum atomic E-state index is 13.0. The first-order chi connectivity index (χ1) is 14.2. The van der Waals surface area contributed by atoms with Crippen LogP contribution in [0.4, 0.5) is 5.13 Å². The van der Waals surface area contributed by atoms with E-state index in [4.69, 9.17) is 9.15 Å². The van der Waals surface area contributed by atoms with Crippen molar-refractivity contribution in [2.75, 3.05) is 33.1 Å². The van der Waals surface area contributed by atoms with Gasteiger partial charge in [0.1, 0.15) is 22.4 Å². The van der Waals surface area contributed by atoms with Gasteiger partial charge in [-0.15, -0.1) is 0 Å². The number of furan rings is 1. The number of nitrogens with one attached hydrogen (secondary N) is 1. The molecule has 0 saturated heterocycles. The third-order valence-corrected chi connectivity index (χ3v) is 5.51. The number of aryl methyl sites for hydroxylation is 3. The monoisotopic (exact) mass is 433 g/mol. The number of amides is 2. The Morgan fingerprint density at radius 1 is 1.33 bits per heavy atom. The van der Waals surface area contributed by atoms with Gasteiger partial charge in [0, 0.05) is 34.4 Å². The summed E-state index contributed by atoms with van der Waals surface area (Å²) in [6.45, 7) is 4.20. The van der Waals surface area contributed by atoms with Gasteiger partial charge in [-0.2, -0.15) is 0 Å². The standard InChI is InChI=1S/C19H23N5O5S/c1-10-14(18(27)23(3)4)30-19(21-10)22-15(25)12-11(2)29-16-13(12)17(26)24(9-20-16)7-6-8-28-5/h9H,6-8H2,1-5H3,(H,21,22,25). The van der Waals surface area contributed by atoms with E-state index < -0.39 is 5.91 Å². The molecule has 3 rings (SSSR count). The molecule has 11 heteroatoms. The van der Waals surface area contributed by atoms with Crippen molar-refractivity contribution in [1.82, 2.24) is 19.4 Å². The average Bonchev–Trinajstić information content (AvgIpc) is 3.22. The minimum atomic E-state index is -0.544. The quantitative estimate of drug-likeness (QED) is 0.566. The first-order valence-electron chi connectivity index (χ1n) is 9.22. The lowest BCUT2D eigenvalue weighted by Gasteiger charge is -2.07. The van der Waals surface area contributed by atoms with Gasteiger partial charge in [0.15, 0.2) is 5.13 Å². The molecule has 0 bridgehead atoms. The van der Waals surface area contributed by atoms with E-state index in [0.29, 0.717) is 30.1 Å². The van der Waals surface area contributed by atoms with E-state index in [9.17, 15) is 14.4 Å². The molecule has 0 saturated carbocycles. The van der Waals surface area contributed by atoms with Crippen LogP contribution in [0.25, 0.3) is 11.1 Å². The molecule has 0 aliphatic carbocycles. The van der Waals surface area contributed by atoms with E-state index in [0.717, 1.165) is 11.3 Å². The van der Waals surface area contributed by atoms with E-state index in [-0.39, 0.29) is 39.0 Å². The van der Waals surface area contributed by atoms with E-state index >= 15 is 0 Å². The zero-order valence-electron chi connectivity index (χ0n) is 17.4. The van der Waals surface area contributed by atoms with Gasteiger partial charge in [0.25, 0.3) is 17.4 Å². The van der Waals surface area contributed by atoms with Gasteiger partial charge >= 0.3 is 0 Å². The van der Waals surface area contributed by atoms with Crippen molar-refractivity contribution in [3.05, 3.63) is 38.6 Å². The minimum absolute atomic E-state index is 0.101. The van der Waals surface area contributed by atoms with Crippen molar-refractivity contribution in [1.29, 1.82) is 0 Å². The number of fused-ring (bicyclic) bond motifs is 1. The molecule has 3 heterocycles. The smallest absolute Gasteiger partial charge is 0.265 e. The summed E-state index contributed by atoms with van der Waals surface area (Å²) >= 11 is 1.08. The Hall–Kier alpha value is -3.05. The molecule has 0 aliphatic heterocycles. The van der Waals surface area contributed by atoms with Crippen LogP contribution < -0.4 is 10.9 Å². The maximum Gasteiger partial charge on any atom is 0.265 e. The Labute approximate surface area is 176 Å². The lowest BCUT2D eigenvalue weighted by molar-refractivity contribution is 0.0831. The molecule has 0 aromatic carbocycles. The summed E-state index contributed by atoms with van der Waals surface area (Å²) in [5.74, 6) is -0.462. The summed E-state index contributed by atoms with van der Waals surface area (Å²) in [5.41, 5.74) is 0.364. The van der Waals surface area contributed by atoms with Crippen LogP contribution in [-0.4, -0.2) is 59.1 Å². The van der Waals surface area contributed by atoms with Gasteiger partial charge in [-0.05, 0) is 20.3 Å². The normalized spacial score (nSPS) is 11.1. The maximum absolute atomic E-state index is 13.0. The van der Waals surface area contributed by atoms with Crippen LogP contribution in [0.5, 0.6) is 0 Å². The summed E-state index contributed by atoms with van der Waals surface area (Å²) in [6, 6.07) is 0. The predicted octanol–water partition coefficient (Wildman–Crippen LogP) is 2.05. The molecule has 30 heavy (non-hydrogen) atoms. The highest BCUT2D eigenvalue weighted by Crippen LogP contribution is 2.26. The number of ether oxygens (including phenoxy) is 1. The molecule has 0 atom stereocenters.